The van der Waals surface area contributed by atoms with Gasteiger partial charge >= 0.3 is 5.97 Å². The van der Waals surface area contributed by atoms with E-state index in [0.717, 1.165) is 10.5 Å². The zero-order chi connectivity index (χ0) is 17.8. The van der Waals surface area contributed by atoms with E-state index in [4.69, 9.17) is 9.47 Å². The van der Waals surface area contributed by atoms with Gasteiger partial charge in [0, 0.05) is 0 Å². The fourth-order valence-corrected chi connectivity index (χ4v) is 2.51. The normalized spacial score (nSPS) is 12.9. The van der Waals surface area contributed by atoms with E-state index in [1.807, 2.05) is 31.2 Å². The number of aryl methyl sites for hydroxylation is 1. The van der Waals surface area contributed by atoms with Gasteiger partial charge in [0.15, 0.2) is 0 Å². The third-order valence-electron chi connectivity index (χ3n) is 3.80. The van der Waals surface area contributed by atoms with Crippen LogP contribution in [-0.2, 0) is 9.53 Å². The summed E-state index contributed by atoms with van der Waals surface area (Å²) in [6, 6.07) is 14.0. The molecule has 0 aromatic heterocycles. The summed E-state index contributed by atoms with van der Waals surface area (Å²) in [4.78, 5) is 37.1. The Hall–Kier alpha value is -3.15. The number of nitrogens with zero attached hydrogens (tertiary/aromatic N) is 1. The average molecular weight is 339 g/mol. The van der Waals surface area contributed by atoms with Gasteiger partial charge < -0.3 is 9.47 Å². The second-order valence-corrected chi connectivity index (χ2v) is 5.62. The Morgan fingerprint density at radius 1 is 0.920 bits per heavy atom. The van der Waals surface area contributed by atoms with Gasteiger partial charge in [0.2, 0.25) is 0 Å². The molecule has 2 aromatic carbocycles. The molecule has 2 aromatic rings. The molecule has 6 heteroatoms. The first-order chi connectivity index (χ1) is 12.1. The van der Waals surface area contributed by atoms with Crippen molar-refractivity contribution in [1.82, 2.24) is 4.90 Å². The number of hydrogen-bond acceptors (Lipinski definition) is 5. The number of rotatable bonds is 6. The predicted molar refractivity (Wildman–Crippen MR) is 89.4 cm³/mol. The van der Waals surface area contributed by atoms with Crippen LogP contribution in [0.3, 0.4) is 0 Å². The highest BCUT2D eigenvalue weighted by Gasteiger charge is 2.36. The van der Waals surface area contributed by atoms with E-state index in [2.05, 4.69) is 0 Å². The lowest BCUT2D eigenvalue weighted by molar-refractivity contribution is -0.144. The standard InChI is InChI=1S/C19H17NO5/c1-13-6-8-14(9-7-13)24-10-11-25-17(21)12-20-18(22)15-4-2-3-5-16(15)19(20)23/h2-9H,10-12H2,1H3. The molecule has 0 aliphatic carbocycles. The Labute approximate surface area is 145 Å². The Morgan fingerprint density at radius 3 is 2.12 bits per heavy atom. The van der Waals surface area contributed by atoms with Crippen molar-refractivity contribution in [2.24, 2.45) is 0 Å². The van der Waals surface area contributed by atoms with Gasteiger partial charge in [0.05, 0.1) is 11.1 Å². The molecule has 0 saturated heterocycles. The average Bonchev–Trinajstić information content (AvgIpc) is 2.86. The van der Waals surface area contributed by atoms with Crippen molar-refractivity contribution in [3.05, 3.63) is 65.2 Å². The fraction of sp³-hybridized carbons (Fsp3) is 0.211. The van der Waals surface area contributed by atoms with Crippen molar-refractivity contribution in [2.75, 3.05) is 19.8 Å². The van der Waals surface area contributed by atoms with Crippen LogP contribution < -0.4 is 4.74 Å². The van der Waals surface area contributed by atoms with Crippen LogP contribution >= 0.6 is 0 Å². The van der Waals surface area contributed by atoms with Crippen LogP contribution in [0.2, 0.25) is 0 Å². The van der Waals surface area contributed by atoms with Gasteiger partial charge in [-0.05, 0) is 31.2 Å². The zero-order valence-corrected chi connectivity index (χ0v) is 13.7. The van der Waals surface area contributed by atoms with Crippen molar-refractivity contribution in [1.29, 1.82) is 0 Å². The minimum absolute atomic E-state index is 0.0376. The van der Waals surface area contributed by atoms with Gasteiger partial charge in [-0.25, -0.2) is 0 Å². The predicted octanol–water partition coefficient (Wildman–Crippen LogP) is 2.21. The summed E-state index contributed by atoms with van der Waals surface area (Å²) < 4.78 is 10.5. The number of amides is 2. The first-order valence-electron chi connectivity index (χ1n) is 7.86. The number of benzene rings is 2. The fourth-order valence-electron chi connectivity index (χ4n) is 2.51. The lowest BCUT2D eigenvalue weighted by Gasteiger charge is -2.13. The van der Waals surface area contributed by atoms with Crippen LogP contribution in [0.4, 0.5) is 0 Å². The maximum Gasteiger partial charge on any atom is 0.326 e. The highest BCUT2D eigenvalue weighted by atomic mass is 16.6. The third kappa shape index (κ3) is 3.68. The molecule has 25 heavy (non-hydrogen) atoms. The molecule has 0 N–H and O–H groups in total. The SMILES string of the molecule is Cc1ccc(OCCOC(=O)CN2C(=O)c3ccccc3C2=O)cc1. The largest absolute Gasteiger partial charge is 0.490 e. The smallest absolute Gasteiger partial charge is 0.326 e. The highest BCUT2D eigenvalue weighted by Crippen LogP contribution is 2.22. The molecule has 6 nitrogen and oxygen atoms in total. The zero-order valence-electron chi connectivity index (χ0n) is 13.7. The number of fused-ring (bicyclic) bond motifs is 1. The summed E-state index contributed by atoms with van der Waals surface area (Å²) in [5, 5.41) is 0. The molecule has 0 fully saturated rings. The maximum absolute atomic E-state index is 12.2. The number of imide groups is 1. The summed E-state index contributed by atoms with van der Waals surface area (Å²) in [7, 11) is 0. The molecule has 0 bridgehead atoms. The van der Waals surface area contributed by atoms with Gasteiger partial charge in [-0.2, -0.15) is 0 Å². The van der Waals surface area contributed by atoms with E-state index >= 15 is 0 Å². The number of carbonyl (C=O) groups is 3. The monoisotopic (exact) mass is 339 g/mol. The van der Waals surface area contributed by atoms with Crippen LogP contribution in [-0.4, -0.2) is 42.4 Å². The van der Waals surface area contributed by atoms with Gasteiger partial charge in [-0.1, -0.05) is 29.8 Å². The number of carbonyl (C=O) groups excluding carboxylic acids is 3. The molecule has 0 saturated carbocycles. The lowest BCUT2D eigenvalue weighted by atomic mass is 10.1. The van der Waals surface area contributed by atoms with E-state index in [1.54, 1.807) is 24.3 Å². The molecular weight excluding hydrogens is 322 g/mol. The maximum atomic E-state index is 12.2. The summed E-state index contributed by atoms with van der Waals surface area (Å²) in [5.41, 5.74) is 1.74. The van der Waals surface area contributed by atoms with Crippen molar-refractivity contribution in [3.8, 4) is 5.75 Å². The van der Waals surface area contributed by atoms with Crippen molar-refractivity contribution < 1.29 is 23.9 Å². The molecule has 2 amide bonds. The van der Waals surface area contributed by atoms with Crippen molar-refractivity contribution in [3.63, 3.8) is 0 Å². The number of esters is 1. The van der Waals surface area contributed by atoms with Gasteiger partial charge in [-0.3, -0.25) is 19.3 Å². The molecule has 0 atom stereocenters. The number of ether oxygens (including phenoxy) is 2. The lowest BCUT2D eigenvalue weighted by Crippen LogP contribution is -2.36. The Balaban J connectivity index is 1.46. The Bertz CT molecular complexity index is 778. The van der Waals surface area contributed by atoms with Gasteiger partial charge in [0.1, 0.15) is 25.5 Å². The van der Waals surface area contributed by atoms with Crippen LogP contribution in [0, 0.1) is 6.92 Å². The minimum Gasteiger partial charge on any atom is -0.490 e. The Morgan fingerprint density at radius 2 is 1.52 bits per heavy atom. The third-order valence-corrected chi connectivity index (χ3v) is 3.80. The van der Waals surface area contributed by atoms with Gasteiger partial charge in [0.25, 0.3) is 11.8 Å². The summed E-state index contributed by atoms with van der Waals surface area (Å²) in [5.74, 6) is -0.925. The molecule has 0 unspecified atom stereocenters. The molecule has 0 spiro atoms. The first-order valence-corrected chi connectivity index (χ1v) is 7.86. The second-order valence-electron chi connectivity index (χ2n) is 5.62. The van der Waals surface area contributed by atoms with E-state index in [1.165, 1.54) is 0 Å². The Kier molecular flexibility index (Phi) is 4.79. The highest BCUT2D eigenvalue weighted by molar-refractivity contribution is 6.22. The quantitative estimate of drug-likeness (QED) is 0.458. The van der Waals surface area contributed by atoms with Crippen LogP contribution in [0.1, 0.15) is 26.3 Å². The van der Waals surface area contributed by atoms with E-state index in [9.17, 15) is 14.4 Å². The second kappa shape index (κ2) is 7.17. The molecule has 3 rings (SSSR count). The first kappa shape index (κ1) is 16.7. The molecule has 1 aliphatic rings. The van der Waals surface area contributed by atoms with Crippen LogP contribution in [0.15, 0.2) is 48.5 Å². The molecule has 1 heterocycles. The van der Waals surface area contributed by atoms with E-state index < -0.39 is 24.3 Å². The molecule has 0 radical (unpaired) electrons. The molecular formula is C19H17NO5. The van der Waals surface area contributed by atoms with Crippen molar-refractivity contribution >= 4 is 17.8 Å². The summed E-state index contributed by atoms with van der Waals surface area (Å²) >= 11 is 0. The van der Waals surface area contributed by atoms with E-state index in [0.29, 0.717) is 16.9 Å². The van der Waals surface area contributed by atoms with Crippen LogP contribution in [0.5, 0.6) is 5.75 Å². The summed E-state index contributed by atoms with van der Waals surface area (Å²) in [6.45, 7) is 1.80. The van der Waals surface area contributed by atoms with Gasteiger partial charge in [-0.15, -0.1) is 0 Å². The molecule has 1 aliphatic heterocycles. The minimum atomic E-state index is -0.651. The van der Waals surface area contributed by atoms with E-state index in [-0.39, 0.29) is 13.2 Å². The number of hydrogen-bond donors (Lipinski definition) is 0. The van der Waals surface area contributed by atoms with Crippen molar-refractivity contribution in [2.45, 2.75) is 6.92 Å². The van der Waals surface area contributed by atoms with Crippen LogP contribution in [0.25, 0.3) is 0 Å². The summed E-state index contributed by atoms with van der Waals surface area (Å²) in [6.07, 6.45) is 0. The molecule has 128 valence electrons. The topological polar surface area (TPSA) is 72.9 Å².